The quantitative estimate of drug-likeness (QED) is 0.230. The first-order chi connectivity index (χ1) is 15.5. The van der Waals surface area contributed by atoms with Gasteiger partial charge >= 0.3 is 0 Å². The highest BCUT2D eigenvalue weighted by atomic mass is 16.6. The van der Waals surface area contributed by atoms with Crippen LogP contribution in [0.2, 0.25) is 0 Å². The molecule has 9 nitrogen and oxygen atoms in total. The Labute approximate surface area is 183 Å². The third kappa shape index (κ3) is 5.89. The highest BCUT2D eigenvalue weighted by Crippen LogP contribution is 2.26. The molecule has 2 aromatic carbocycles. The molecule has 0 aliphatic carbocycles. The maximum atomic E-state index is 12.6. The van der Waals surface area contributed by atoms with Gasteiger partial charge in [-0.25, -0.2) is 0 Å². The fourth-order valence-electron chi connectivity index (χ4n) is 2.80. The Kier molecular flexibility index (Phi) is 7.50. The second-order valence-corrected chi connectivity index (χ2v) is 6.64. The number of rotatable bonds is 9. The highest BCUT2D eigenvalue weighted by Gasteiger charge is 2.16. The lowest BCUT2D eigenvalue weighted by molar-refractivity contribution is -0.384. The molecule has 0 bridgehead atoms. The number of nitro groups is 1. The van der Waals surface area contributed by atoms with Crippen molar-refractivity contribution in [3.05, 3.63) is 93.9 Å². The normalized spacial score (nSPS) is 11.1. The van der Waals surface area contributed by atoms with Crippen molar-refractivity contribution < 1.29 is 23.7 Å². The largest absolute Gasteiger partial charge is 0.457 e. The zero-order valence-corrected chi connectivity index (χ0v) is 17.2. The number of nitrogens with one attached hydrogen (secondary N) is 2. The molecule has 2 amide bonds. The number of ether oxygens (including phenoxy) is 1. The van der Waals surface area contributed by atoms with Gasteiger partial charge in [-0.05, 0) is 24.3 Å². The third-order valence-electron chi connectivity index (χ3n) is 4.38. The summed E-state index contributed by atoms with van der Waals surface area (Å²) in [6, 6.07) is 17.7. The van der Waals surface area contributed by atoms with Crippen LogP contribution in [-0.2, 0) is 9.53 Å². The minimum Gasteiger partial charge on any atom is -0.457 e. The Hall–Kier alpha value is -4.24. The van der Waals surface area contributed by atoms with Gasteiger partial charge < -0.3 is 19.8 Å². The molecule has 0 saturated heterocycles. The average Bonchev–Trinajstić information content (AvgIpc) is 3.28. The van der Waals surface area contributed by atoms with E-state index in [1.54, 1.807) is 54.6 Å². The maximum absolute atomic E-state index is 12.6. The molecule has 0 fully saturated rings. The van der Waals surface area contributed by atoms with Crippen LogP contribution < -0.4 is 10.6 Å². The molecule has 1 aromatic heterocycles. The monoisotopic (exact) mass is 435 g/mol. The molecule has 32 heavy (non-hydrogen) atoms. The molecule has 0 aliphatic heterocycles. The highest BCUT2D eigenvalue weighted by molar-refractivity contribution is 6.05. The summed E-state index contributed by atoms with van der Waals surface area (Å²) in [6.45, 7) is 0.564. The van der Waals surface area contributed by atoms with E-state index < -0.39 is 16.7 Å². The summed E-state index contributed by atoms with van der Waals surface area (Å²) in [4.78, 5) is 35.7. The molecule has 0 unspecified atom stereocenters. The molecule has 0 saturated carbocycles. The number of nitro benzene ring substituents is 1. The van der Waals surface area contributed by atoms with Gasteiger partial charge in [-0.15, -0.1) is 0 Å². The molecule has 3 aromatic rings. The SMILES string of the molecule is COCCNC(=O)C(=Cc1ccc(-c2cccc([N+](=O)[O-])c2)o1)NC(=O)c1ccccc1. The Morgan fingerprint density at radius 2 is 1.88 bits per heavy atom. The summed E-state index contributed by atoms with van der Waals surface area (Å²) in [7, 11) is 1.51. The molecule has 3 rings (SSSR count). The predicted octanol–water partition coefficient (Wildman–Crippen LogP) is 3.39. The fourth-order valence-corrected chi connectivity index (χ4v) is 2.80. The lowest BCUT2D eigenvalue weighted by Crippen LogP contribution is -2.36. The van der Waals surface area contributed by atoms with Crippen molar-refractivity contribution in [1.82, 2.24) is 10.6 Å². The minimum atomic E-state index is -0.514. The molecule has 0 spiro atoms. The van der Waals surface area contributed by atoms with Crippen LogP contribution in [0.15, 0.2) is 76.8 Å². The van der Waals surface area contributed by atoms with Gasteiger partial charge in [-0.3, -0.25) is 19.7 Å². The number of carbonyl (C=O) groups excluding carboxylic acids is 2. The molecular weight excluding hydrogens is 414 g/mol. The van der Waals surface area contributed by atoms with E-state index in [0.29, 0.717) is 23.5 Å². The molecule has 0 aliphatic rings. The van der Waals surface area contributed by atoms with Gasteiger partial charge in [-0.2, -0.15) is 0 Å². The minimum absolute atomic E-state index is 0.0186. The van der Waals surface area contributed by atoms with Gasteiger partial charge in [0.15, 0.2) is 0 Å². The van der Waals surface area contributed by atoms with Gasteiger partial charge in [0, 0.05) is 43.0 Å². The van der Waals surface area contributed by atoms with Crippen LogP contribution in [0.25, 0.3) is 17.4 Å². The Bertz CT molecular complexity index is 1140. The first-order valence-corrected chi connectivity index (χ1v) is 9.68. The predicted molar refractivity (Wildman–Crippen MR) is 118 cm³/mol. The summed E-state index contributed by atoms with van der Waals surface area (Å²) < 4.78 is 10.7. The Morgan fingerprint density at radius 3 is 2.59 bits per heavy atom. The average molecular weight is 435 g/mol. The van der Waals surface area contributed by atoms with Crippen molar-refractivity contribution in [2.45, 2.75) is 0 Å². The van der Waals surface area contributed by atoms with Gasteiger partial charge in [0.25, 0.3) is 17.5 Å². The van der Waals surface area contributed by atoms with E-state index in [-0.39, 0.29) is 23.7 Å². The number of non-ortho nitro benzene ring substituents is 1. The van der Waals surface area contributed by atoms with Crippen LogP contribution in [0.4, 0.5) is 5.69 Å². The Morgan fingerprint density at radius 1 is 1.09 bits per heavy atom. The van der Waals surface area contributed by atoms with Gasteiger partial charge in [0.05, 0.1) is 11.5 Å². The molecule has 0 atom stereocenters. The van der Waals surface area contributed by atoms with Crippen LogP contribution in [0, 0.1) is 10.1 Å². The maximum Gasteiger partial charge on any atom is 0.270 e. The van der Waals surface area contributed by atoms with Crippen LogP contribution in [0.3, 0.4) is 0 Å². The number of carbonyl (C=O) groups is 2. The second kappa shape index (κ2) is 10.7. The van der Waals surface area contributed by atoms with Crippen molar-refractivity contribution in [3.63, 3.8) is 0 Å². The van der Waals surface area contributed by atoms with E-state index in [4.69, 9.17) is 9.15 Å². The summed E-state index contributed by atoms with van der Waals surface area (Å²) in [5.41, 5.74) is 0.817. The number of nitrogens with zero attached hydrogens (tertiary/aromatic N) is 1. The van der Waals surface area contributed by atoms with Crippen molar-refractivity contribution in [2.75, 3.05) is 20.3 Å². The van der Waals surface area contributed by atoms with E-state index in [1.165, 1.54) is 25.3 Å². The molecule has 9 heteroatoms. The number of benzene rings is 2. The topological polar surface area (TPSA) is 124 Å². The lowest BCUT2D eigenvalue weighted by atomic mass is 10.1. The molecule has 164 valence electrons. The van der Waals surface area contributed by atoms with Crippen molar-refractivity contribution >= 4 is 23.6 Å². The molecular formula is C23H21N3O6. The van der Waals surface area contributed by atoms with E-state index >= 15 is 0 Å². The van der Waals surface area contributed by atoms with Gasteiger partial charge in [0.2, 0.25) is 0 Å². The standard InChI is InChI=1S/C23H21N3O6/c1-31-13-12-24-23(28)20(25-22(27)16-6-3-2-4-7-16)15-19-10-11-21(32-19)17-8-5-9-18(14-17)26(29)30/h2-11,14-15H,12-13H2,1H3,(H,24,28)(H,25,27). The number of furan rings is 1. The van der Waals surface area contributed by atoms with Crippen LogP contribution in [-0.4, -0.2) is 37.0 Å². The number of amides is 2. The smallest absolute Gasteiger partial charge is 0.270 e. The van der Waals surface area contributed by atoms with Crippen LogP contribution >= 0.6 is 0 Å². The van der Waals surface area contributed by atoms with E-state index in [2.05, 4.69) is 10.6 Å². The first kappa shape index (κ1) is 22.4. The number of hydrogen-bond acceptors (Lipinski definition) is 6. The summed E-state index contributed by atoms with van der Waals surface area (Å²) in [6.07, 6.45) is 1.39. The van der Waals surface area contributed by atoms with Crippen molar-refractivity contribution in [2.24, 2.45) is 0 Å². The number of hydrogen-bond donors (Lipinski definition) is 2. The Balaban J connectivity index is 1.86. The van der Waals surface area contributed by atoms with Crippen LogP contribution in [0.1, 0.15) is 16.1 Å². The molecule has 1 heterocycles. The zero-order valence-electron chi connectivity index (χ0n) is 17.2. The van der Waals surface area contributed by atoms with Crippen molar-refractivity contribution in [1.29, 1.82) is 0 Å². The first-order valence-electron chi connectivity index (χ1n) is 9.68. The lowest BCUT2D eigenvalue weighted by Gasteiger charge is -2.10. The van der Waals surface area contributed by atoms with Gasteiger partial charge in [-0.1, -0.05) is 30.3 Å². The number of methoxy groups -OCH3 is 1. The second-order valence-electron chi connectivity index (χ2n) is 6.64. The molecule has 0 radical (unpaired) electrons. The third-order valence-corrected chi connectivity index (χ3v) is 4.38. The summed E-state index contributed by atoms with van der Waals surface area (Å²) >= 11 is 0. The summed E-state index contributed by atoms with van der Waals surface area (Å²) in [5, 5.41) is 16.3. The van der Waals surface area contributed by atoms with E-state index in [9.17, 15) is 19.7 Å². The van der Waals surface area contributed by atoms with E-state index in [1.807, 2.05) is 0 Å². The molecule has 2 N–H and O–H groups in total. The van der Waals surface area contributed by atoms with E-state index in [0.717, 1.165) is 0 Å². The van der Waals surface area contributed by atoms with Crippen molar-refractivity contribution in [3.8, 4) is 11.3 Å². The zero-order chi connectivity index (χ0) is 22.9. The van der Waals surface area contributed by atoms with Crippen LogP contribution in [0.5, 0.6) is 0 Å². The van der Waals surface area contributed by atoms with Gasteiger partial charge in [0.1, 0.15) is 17.2 Å². The summed E-state index contributed by atoms with van der Waals surface area (Å²) in [5.74, 6) is -0.297. The fraction of sp³-hybridized carbons (Fsp3) is 0.130.